The number of thioether (sulfide) groups is 1. The van der Waals surface area contributed by atoms with Gasteiger partial charge in [-0.15, -0.1) is 0 Å². The average molecular weight is 401 g/mol. The van der Waals surface area contributed by atoms with E-state index in [-0.39, 0.29) is 22.0 Å². The summed E-state index contributed by atoms with van der Waals surface area (Å²) in [5, 5.41) is 1.62. The Balaban J connectivity index is 1.57. The van der Waals surface area contributed by atoms with Crippen molar-refractivity contribution in [2.75, 3.05) is 6.61 Å². The maximum Gasteiger partial charge on any atom is 0.286 e. The molecule has 0 aliphatic carbocycles. The second-order valence-corrected chi connectivity index (χ2v) is 7.81. The monoisotopic (exact) mass is 401 g/mol. The van der Waals surface area contributed by atoms with Crippen LogP contribution in [0, 0.1) is 6.92 Å². The molecule has 2 heterocycles. The smallest absolute Gasteiger partial charge is 0.286 e. The number of aromatic nitrogens is 2. The molecule has 1 fully saturated rings. The molecule has 2 aromatic rings. The molecule has 0 bridgehead atoms. The van der Waals surface area contributed by atoms with Crippen LogP contribution in [0.25, 0.3) is 0 Å². The molecule has 28 heavy (non-hydrogen) atoms. The van der Waals surface area contributed by atoms with E-state index in [0.29, 0.717) is 25.3 Å². The van der Waals surface area contributed by atoms with Crippen molar-refractivity contribution in [2.45, 2.75) is 44.9 Å². The largest absolute Gasteiger partial charge is 0.492 e. The summed E-state index contributed by atoms with van der Waals surface area (Å²) in [5.41, 5.74) is 1.63. The average Bonchev–Trinajstić information content (AvgIpc) is 2.96. The first kappa shape index (κ1) is 20.1. The van der Waals surface area contributed by atoms with Crippen LogP contribution in [0.4, 0.5) is 4.79 Å². The van der Waals surface area contributed by atoms with Crippen molar-refractivity contribution in [3.05, 3.63) is 57.8 Å². The summed E-state index contributed by atoms with van der Waals surface area (Å²) < 4.78 is 7.43. The van der Waals surface area contributed by atoms with Crippen LogP contribution in [0.3, 0.4) is 0 Å². The van der Waals surface area contributed by atoms with Crippen molar-refractivity contribution in [1.82, 2.24) is 14.9 Å². The lowest BCUT2D eigenvalue weighted by atomic mass is 10.1. The number of amides is 2. The van der Waals surface area contributed by atoms with Crippen LogP contribution >= 0.6 is 11.8 Å². The molecule has 1 aliphatic rings. The van der Waals surface area contributed by atoms with E-state index in [1.165, 1.54) is 6.07 Å². The number of aryl methyl sites for hydroxylation is 2. The molecule has 148 valence electrons. The molecule has 1 saturated heterocycles. The number of ether oxygens (including phenoxy) is 1. The highest BCUT2D eigenvalue weighted by atomic mass is 32.2. The van der Waals surface area contributed by atoms with Crippen molar-refractivity contribution in [2.24, 2.45) is 0 Å². The van der Waals surface area contributed by atoms with Gasteiger partial charge in [-0.25, -0.2) is 4.98 Å². The van der Waals surface area contributed by atoms with Gasteiger partial charge in [0, 0.05) is 18.2 Å². The van der Waals surface area contributed by atoms with E-state index in [0.717, 1.165) is 41.7 Å². The van der Waals surface area contributed by atoms with Gasteiger partial charge >= 0.3 is 0 Å². The number of imide groups is 1. The molecule has 1 unspecified atom stereocenters. The SMILES string of the molecule is CCCc1nc(C)cc(=O)n1CCOc1ccc(CC2SC(=O)NC2=O)cc1. The summed E-state index contributed by atoms with van der Waals surface area (Å²) in [7, 11) is 0. The predicted octanol–water partition coefficient (Wildman–Crippen LogP) is 2.48. The Kier molecular flexibility index (Phi) is 6.51. The van der Waals surface area contributed by atoms with E-state index in [1.54, 1.807) is 4.57 Å². The second-order valence-electron chi connectivity index (χ2n) is 6.63. The first-order valence-corrected chi connectivity index (χ1v) is 10.1. The Morgan fingerprint density at radius 3 is 2.61 bits per heavy atom. The van der Waals surface area contributed by atoms with Crippen LogP contribution in [0.1, 0.15) is 30.4 Å². The van der Waals surface area contributed by atoms with Gasteiger partial charge in [0.1, 0.15) is 18.2 Å². The Hall–Kier alpha value is -2.61. The minimum atomic E-state index is -0.378. The van der Waals surface area contributed by atoms with Crippen LogP contribution in [0.15, 0.2) is 35.1 Å². The summed E-state index contributed by atoms with van der Waals surface area (Å²) in [5.74, 6) is 1.23. The zero-order valence-electron chi connectivity index (χ0n) is 15.9. The van der Waals surface area contributed by atoms with E-state index in [4.69, 9.17) is 4.74 Å². The zero-order valence-corrected chi connectivity index (χ0v) is 16.8. The number of hydrogen-bond donors (Lipinski definition) is 1. The quantitative estimate of drug-likeness (QED) is 0.731. The second kappa shape index (κ2) is 9.05. The van der Waals surface area contributed by atoms with E-state index in [9.17, 15) is 14.4 Å². The molecule has 1 aliphatic heterocycles. The minimum Gasteiger partial charge on any atom is -0.492 e. The van der Waals surface area contributed by atoms with Gasteiger partial charge in [0.2, 0.25) is 5.91 Å². The first-order chi connectivity index (χ1) is 13.5. The molecule has 0 spiro atoms. The summed E-state index contributed by atoms with van der Waals surface area (Å²) in [6.07, 6.45) is 2.16. The highest BCUT2D eigenvalue weighted by Gasteiger charge is 2.31. The van der Waals surface area contributed by atoms with E-state index >= 15 is 0 Å². The molecule has 3 rings (SSSR count). The third kappa shape index (κ3) is 5.01. The van der Waals surface area contributed by atoms with E-state index in [2.05, 4.69) is 17.2 Å². The first-order valence-electron chi connectivity index (χ1n) is 9.27. The Bertz CT molecular complexity index is 924. The van der Waals surface area contributed by atoms with Crippen molar-refractivity contribution in [3.8, 4) is 5.75 Å². The van der Waals surface area contributed by atoms with E-state index < -0.39 is 0 Å². The van der Waals surface area contributed by atoms with Gasteiger partial charge in [-0.05, 0) is 37.5 Å². The maximum atomic E-state index is 12.2. The van der Waals surface area contributed by atoms with Crippen LogP contribution in [-0.2, 0) is 24.2 Å². The van der Waals surface area contributed by atoms with Crippen molar-refractivity contribution in [1.29, 1.82) is 0 Å². The van der Waals surface area contributed by atoms with Gasteiger partial charge in [0.25, 0.3) is 10.8 Å². The molecular weight excluding hydrogens is 378 g/mol. The Labute approximate surface area is 167 Å². The summed E-state index contributed by atoms with van der Waals surface area (Å²) in [6, 6.07) is 8.97. The molecule has 2 amide bonds. The molecule has 1 aromatic heterocycles. The van der Waals surface area contributed by atoms with Gasteiger partial charge in [0.05, 0.1) is 11.8 Å². The number of hydrogen-bond acceptors (Lipinski definition) is 6. The van der Waals surface area contributed by atoms with Crippen molar-refractivity contribution >= 4 is 22.9 Å². The van der Waals surface area contributed by atoms with Crippen LogP contribution in [-0.4, -0.2) is 32.6 Å². The fourth-order valence-electron chi connectivity index (χ4n) is 3.05. The lowest BCUT2D eigenvalue weighted by Crippen LogP contribution is -2.27. The predicted molar refractivity (Wildman–Crippen MR) is 108 cm³/mol. The molecule has 1 N–H and O–H groups in total. The molecule has 7 nitrogen and oxygen atoms in total. The molecule has 1 aromatic carbocycles. The van der Waals surface area contributed by atoms with Crippen LogP contribution < -0.4 is 15.6 Å². The third-order valence-corrected chi connectivity index (χ3v) is 5.37. The molecular formula is C20H23N3O4S. The highest BCUT2D eigenvalue weighted by molar-refractivity contribution is 8.15. The third-order valence-electron chi connectivity index (χ3n) is 4.38. The number of nitrogens with one attached hydrogen (secondary N) is 1. The number of rotatable bonds is 8. The van der Waals surface area contributed by atoms with Gasteiger partial charge in [-0.2, -0.15) is 0 Å². The van der Waals surface area contributed by atoms with Crippen LogP contribution in [0.2, 0.25) is 0 Å². The normalized spacial score (nSPS) is 16.3. The fraction of sp³-hybridized carbons (Fsp3) is 0.400. The Morgan fingerprint density at radius 1 is 1.21 bits per heavy atom. The molecule has 8 heteroatoms. The lowest BCUT2D eigenvalue weighted by molar-refractivity contribution is -0.118. The lowest BCUT2D eigenvalue weighted by Gasteiger charge is -2.13. The van der Waals surface area contributed by atoms with Gasteiger partial charge in [-0.3, -0.25) is 24.3 Å². The molecule has 0 saturated carbocycles. The van der Waals surface area contributed by atoms with Crippen LogP contribution in [0.5, 0.6) is 5.75 Å². The Morgan fingerprint density at radius 2 is 1.96 bits per heavy atom. The summed E-state index contributed by atoms with van der Waals surface area (Å²) in [4.78, 5) is 39.6. The van der Waals surface area contributed by atoms with E-state index in [1.807, 2.05) is 31.2 Å². The fourth-order valence-corrected chi connectivity index (χ4v) is 3.91. The summed E-state index contributed by atoms with van der Waals surface area (Å²) >= 11 is 1.02. The maximum absolute atomic E-state index is 12.2. The number of benzene rings is 1. The van der Waals surface area contributed by atoms with Gasteiger partial charge < -0.3 is 4.74 Å². The number of nitrogens with zero attached hydrogens (tertiary/aromatic N) is 2. The van der Waals surface area contributed by atoms with Crippen molar-refractivity contribution < 1.29 is 14.3 Å². The minimum absolute atomic E-state index is 0.0585. The molecule has 1 atom stereocenters. The number of carbonyl (C=O) groups is 2. The highest BCUT2D eigenvalue weighted by Crippen LogP contribution is 2.23. The van der Waals surface area contributed by atoms with Gasteiger partial charge in [-0.1, -0.05) is 30.8 Å². The standard InChI is InChI=1S/C20H23N3O4S/c1-3-4-17-21-13(2)11-18(24)23(17)9-10-27-15-7-5-14(6-8-15)12-16-19(25)22-20(26)28-16/h5-8,11,16H,3-4,9-10,12H2,1-2H3,(H,22,25,26). The van der Waals surface area contributed by atoms with Gasteiger partial charge in [0.15, 0.2) is 0 Å². The van der Waals surface area contributed by atoms with Crippen molar-refractivity contribution in [3.63, 3.8) is 0 Å². The summed E-state index contributed by atoms with van der Waals surface area (Å²) in [6.45, 7) is 4.67. The zero-order chi connectivity index (χ0) is 20.1. The molecule has 0 radical (unpaired) electrons. The number of carbonyl (C=O) groups excluding carboxylic acids is 2. The topological polar surface area (TPSA) is 90.3 Å².